The van der Waals surface area contributed by atoms with Crippen LogP contribution < -0.4 is 20.5 Å². The van der Waals surface area contributed by atoms with Crippen molar-refractivity contribution in [3.63, 3.8) is 0 Å². The number of methoxy groups -OCH3 is 1. The maximum Gasteiger partial charge on any atom is 0.216 e. The summed E-state index contributed by atoms with van der Waals surface area (Å²) < 4.78 is 12.8. The number of fused-ring (bicyclic) bond motifs is 1. The Labute approximate surface area is 187 Å². The zero-order valence-electron chi connectivity index (χ0n) is 15.5. The van der Waals surface area contributed by atoms with Gasteiger partial charge in [-0.2, -0.15) is 0 Å². The molecular weight excluding hydrogens is 503 g/mol. The first-order valence-electron chi connectivity index (χ1n) is 8.91. The molecule has 7 heteroatoms. The Bertz CT molecular complexity index is 1110. The van der Waals surface area contributed by atoms with Crippen molar-refractivity contribution in [1.82, 2.24) is 0 Å². The van der Waals surface area contributed by atoms with Gasteiger partial charge in [-0.3, -0.25) is 4.79 Å². The number of rotatable bonds is 4. The lowest BCUT2D eigenvalue weighted by molar-refractivity contribution is 0.0559. The summed E-state index contributed by atoms with van der Waals surface area (Å²) in [7, 11) is 1.55. The third-order valence-electron chi connectivity index (χ3n) is 4.87. The zero-order valence-corrected chi connectivity index (χ0v) is 18.5. The fourth-order valence-electron chi connectivity index (χ4n) is 3.50. The second-order valence-corrected chi connectivity index (χ2v) is 8.35. The highest BCUT2D eigenvalue weighted by Gasteiger charge is 2.44. The summed E-state index contributed by atoms with van der Waals surface area (Å²) in [4.78, 5) is 13.0. The molecule has 3 N–H and O–H groups in total. The van der Waals surface area contributed by atoms with Crippen molar-refractivity contribution in [2.24, 2.45) is 0 Å². The molecule has 0 saturated heterocycles. The first-order valence-corrected chi connectivity index (χ1v) is 10.4. The van der Waals surface area contributed by atoms with Crippen LogP contribution in [0.1, 0.15) is 22.3 Å². The van der Waals surface area contributed by atoms with Crippen molar-refractivity contribution in [2.45, 2.75) is 12.1 Å². The van der Waals surface area contributed by atoms with Gasteiger partial charge >= 0.3 is 0 Å². The number of carbonyl (C=O) groups is 1. The third-order valence-corrected chi connectivity index (χ3v) is 5.85. The largest absolute Gasteiger partial charge is 0.495 e. The lowest BCUT2D eigenvalue weighted by atomic mass is 9.89. The lowest BCUT2D eigenvalue weighted by Gasteiger charge is -2.40. The third kappa shape index (κ3) is 3.62. The van der Waals surface area contributed by atoms with Crippen LogP contribution in [-0.4, -0.2) is 12.9 Å². The second kappa shape index (κ2) is 7.76. The van der Waals surface area contributed by atoms with E-state index in [-0.39, 0.29) is 12.2 Å². The van der Waals surface area contributed by atoms with E-state index in [0.29, 0.717) is 39.0 Å². The highest BCUT2D eigenvalue weighted by atomic mass is 127. The number of nitrogens with two attached hydrogens (primary N) is 1. The van der Waals surface area contributed by atoms with E-state index in [4.69, 9.17) is 26.8 Å². The molecule has 29 heavy (non-hydrogen) atoms. The lowest BCUT2D eigenvalue weighted by Crippen LogP contribution is -2.46. The minimum absolute atomic E-state index is 0.0453. The van der Waals surface area contributed by atoms with Gasteiger partial charge in [-0.25, -0.2) is 0 Å². The fourth-order valence-corrected chi connectivity index (χ4v) is 4.40. The number of hydrogen-bond donors (Lipinski definition) is 2. The van der Waals surface area contributed by atoms with Gasteiger partial charge in [-0.1, -0.05) is 35.9 Å². The summed E-state index contributed by atoms with van der Waals surface area (Å²) in [5, 5.41) is 3.88. The number of ketones is 1. The molecule has 1 unspecified atom stereocenters. The highest BCUT2D eigenvalue weighted by molar-refractivity contribution is 14.1. The molecule has 0 aliphatic carbocycles. The van der Waals surface area contributed by atoms with Crippen molar-refractivity contribution >= 4 is 51.3 Å². The van der Waals surface area contributed by atoms with Crippen LogP contribution in [-0.2, 0) is 5.72 Å². The number of nitrogen functional groups attached to an aromatic ring is 1. The quantitative estimate of drug-likeness (QED) is 0.353. The number of ether oxygens (including phenoxy) is 2. The van der Waals surface area contributed by atoms with E-state index in [2.05, 4.69) is 27.9 Å². The number of hydrogen-bond acceptors (Lipinski definition) is 5. The molecule has 148 valence electrons. The van der Waals surface area contributed by atoms with E-state index in [0.717, 1.165) is 3.57 Å². The number of para-hydroxylation sites is 2. The monoisotopic (exact) mass is 520 g/mol. The Kier molecular flexibility index (Phi) is 5.31. The number of nitrogens with one attached hydrogen (secondary N) is 1. The van der Waals surface area contributed by atoms with Crippen molar-refractivity contribution in [3.05, 3.63) is 80.4 Å². The molecule has 0 amide bonds. The molecule has 3 aromatic rings. The van der Waals surface area contributed by atoms with Crippen molar-refractivity contribution in [1.29, 1.82) is 0 Å². The van der Waals surface area contributed by atoms with Gasteiger partial charge in [0.25, 0.3) is 0 Å². The summed E-state index contributed by atoms with van der Waals surface area (Å²) in [6, 6.07) is 18.2. The molecule has 0 saturated carbocycles. The van der Waals surface area contributed by atoms with Crippen LogP contribution in [0.4, 0.5) is 11.4 Å². The molecule has 4 rings (SSSR count). The second-order valence-electron chi connectivity index (χ2n) is 6.70. The summed E-state index contributed by atoms with van der Waals surface area (Å²) in [6.45, 7) is 0. The van der Waals surface area contributed by atoms with Gasteiger partial charge in [0.05, 0.1) is 35.5 Å². The SMILES string of the molecule is COc1cccc(C2(Nc3ccc(I)cc3Cl)CC(=O)c3ccccc3O2)c1N. The number of halogens is 2. The first kappa shape index (κ1) is 19.8. The Morgan fingerprint density at radius 2 is 1.97 bits per heavy atom. The molecule has 0 bridgehead atoms. The molecule has 5 nitrogen and oxygen atoms in total. The van der Waals surface area contributed by atoms with Crippen LogP contribution in [0, 0.1) is 3.57 Å². The van der Waals surface area contributed by atoms with Crippen LogP contribution >= 0.6 is 34.2 Å². The standard InChI is InChI=1S/C22H18ClIN2O3/c1-28-20-8-4-6-15(21(20)25)22(26-17-10-9-13(24)11-16(17)23)12-18(27)14-5-2-3-7-19(14)29-22/h2-11,26H,12,25H2,1H3. The van der Waals surface area contributed by atoms with Gasteiger partial charge in [0.15, 0.2) is 5.78 Å². The van der Waals surface area contributed by atoms with E-state index in [1.807, 2.05) is 42.5 Å². The Hall–Kier alpha value is -2.45. The van der Waals surface area contributed by atoms with Gasteiger partial charge in [-0.15, -0.1) is 0 Å². The van der Waals surface area contributed by atoms with Crippen LogP contribution in [0.15, 0.2) is 60.7 Å². The van der Waals surface area contributed by atoms with E-state index in [9.17, 15) is 4.79 Å². The predicted molar refractivity (Wildman–Crippen MR) is 123 cm³/mol. The van der Waals surface area contributed by atoms with Crippen LogP contribution in [0.25, 0.3) is 0 Å². The molecule has 0 radical (unpaired) electrons. The van der Waals surface area contributed by atoms with E-state index >= 15 is 0 Å². The van der Waals surface area contributed by atoms with E-state index in [1.165, 1.54) is 0 Å². The minimum atomic E-state index is -1.24. The Balaban J connectivity index is 1.90. The molecule has 1 atom stereocenters. The van der Waals surface area contributed by atoms with Gasteiger partial charge in [0, 0.05) is 9.13 Å². The fraction of sp³-hybridized carbons (Fsp3) is 0.136. The first-order chi connectivity index (χ1) is 13.9. The molecule has 0 spiro atoms. The number of anilines is 2. The van der Waals surface area contributed by atoms with Crippen LogP contribution in [0.5, 0.6) is 11.5 Å². The summed E-state index contributed by atoms with van der Waals surface area (Å²) in [5.74, 6) is 0.940. The molecule has 1 aliphatic rings. The van der Waals surface area contributed by atoms with Crippen LogP contribution in [0.3, 0.4) is 0 Å². The van der Waals surface area contributed by atoms with Gasteiger partial charge in [-0.05, 0) is 59.0 Å². The van der Waals surface area contributed by atoms with Crippen molar-refractivity contribution < 1.29 is 14.3 Å². The number of benzene rings is 3. The van der Waals surface area contributed by atoms with Gasteiger partial charge in [0.2, 0.25) is 5.72 Å². The van der Waals surface area contributed by atoms with E-state index in [1.54, 1.807) is 25.3 Å². The Morgan fingerprint density at radius 1 is 1.17 bits per heavy atom. The van der Waals surface area contributed by atoms with Gasteiger partial charge < -0.3 is 20.5 Å². The van der Waals surface area contributed by atoms with Crippen molar-refractivity contribution in [3.8, 4) is 11.5 Å². The van der Waals surface area contributed by atoms with Crippen molar-refractivity contribution in [2.75, 3.05) is 18.2 Å². The maximum absolute atomic E-state index is 13.0. The molecule has 0 aromatic heterocycles. The zero-order chi connectivity index (χ0) is 20.6. The number of carbonyl (C=O) groups excluding carboxylic acids is 1. The summed E-state index contributed by atoms with van der Waals surface area (Å²) in [6.07, 6.45) is 0.0453. The molecule has 3 aromatic carbocycles. The van der Waals surface area contributed by atoms with Gasteiger partial charge in [0.1, 0.15) is 11.5 Å². The average Bonchev–Trinajstić information content (AvgIpc) is 2.70. The van der Waals surface area contributed by atoms with E-state index < -0.39 is 5.72 Å². The maximum atomic E-state index is 13.0. The summed E-state index contributed by atoms with van der Waals surface area (Å²) in [5.41, 5.74) is 7.35. The highest BCUT2D eigenvalue weighted by Crippen LogP contribution is 2.44. The summed E-state index contributed by atoms with van der Waals surface area (Å²) >= 11 is 8.66. The molecular formula is C22H18ClIN2O3. The topological polar surface area (TPSA) is 73.6 Å². The Morgan fingerprint density at radius 3 is 2.72 bits per heavy atom. The minimum Gasteiger partial charge on any atom is -0.495 e. The molecule has 1 heterocycles. The average molecular weight is 521 g/mol. The predicted octanol–water partition coefficient (Wildman–Crippen LogP) is 5.47. The van der Waals surface area contributed by atoms with Crippen LogP contribution in [0.2, 0.25) is 5.02 Å². The normalized spacial score (nSPS) is 18.0. The smallest absolute Gasteiger partial charge is 0.216 e. The molecule has 0 fully saturated rings. The molecule has 1 aliphatic heterocycles. The number of Topliss-reactive ketones (excluding diaryl/α,β-unsaturated/α-hetero) is 1.